The van der Waals surface area contributed by atoms with Crippen molar-refractivity contribution in [2.45, 2.75) is 10.8 Å². The Balaban J connectivity index is 1.74. The van der Waals surface area contributed by atoms with Gasteiger partial charge in [-0.1, -0.05) is 29.8 Å². The molecular formula is C17H11ClO2S. The fourth-order valence-corrected chi connectivity index (χ4v) is 4.10. The zero-order valence-corrected chi connectivity index (χ0v) is 12.6. The van der Waals surface area contributed by atoms with Gasteiger partial charge in [-0.05, 0) is 35.9 Å². The van der Waals surface area contributed by atoms with Crippen LogP contribution >= 0.6 is 23.4 Å². The van der Waals surface area contributed by atoms with Crippen LogP contribution in [0.25, 0.3) is 11.0 Å². The molecule has 0 saturated heterocycles. The van der Waals surface area contributed by atoms with Crippen LogP contribution in [0.2, 0.25) is 5.02 Å². The highest BCUT2D eigenvalue weighted by Gasteiger charge is 2.31. The third-order valence-electron chi connectivity index (χ3n) is 3.74. The largest absolute Gasteiger partial charge is 0.453 e. The van der Waals surface area contributed by atoms with Gasteiger partial charge >= 0.3 is 0 Å². The lowest BCUT2D eigenvalue weighted by Gasteiger charge is -2.06. The minimum Gasteiger partial charge on any atom is -0.453 e. The summed E-state index contributed by atoms with van der Waals surface area (Å²) in [6.45, 7) is 0. The van der Waals surface area contributed by atoms with Crippen LogP contribution in [-0.4, -0.2) is 11.5 Å². The Kier molecular flexibility index (Phi) is 3.05. The molecular weight excluding hydrogens is 304 g/mol. The van der Waals surface area contributed by atoms with Crippen LogP contribution in [-0.2, 0) is 0 Å². The number of ketones is 1. The summed E-state index contributed by atoms with van der Waals surface area (Å²) in [7, 11) is 0. The number of hydrogen-bond acceptors (Lipinski definition) is 3. The zero-order valence-electron chi connectivity index (χ0n) is 11.0. The Hall–Kier alpha value is -1.71. The van der Waals surface area contributed by atoms with Crippen LogP contribution in [0.3, 0.4) is 0 Å². The van der Waals surface area contributed by atoms with Crippen molar-refractivity contribution < 1.29 is 9.21 Å². The Bertz CT molecular complexity index is 853. The van der Waals surface area contributed by atoms with Crippen LogP contribution in [0.5, 0.6) is 0 Å². The number of furan rings is 1. The van der Waals surface area contributed by atoms with E-state index in [4.69, 9.17) is 16.0 Å². The van der Waals surface area contributed by atoms with E-state index in [9.17, 15) is 4.79 Å². The molecule has 0 aliphatic carbocycles. The molecule has 2 nitrogen and oxygen atoms in total. The standard InChI is InChI=1S/C17H11ClO2S/c18-11-5-6-14-10(7-11)8-15(20-14)17(19)13-9-21-16-4-2-1-3-12(13)16/h1-8,13H,9H2. The third kappa shape index (κ3) is 2.17. The van der Waals surface area contributed by atoms with E-state index in [1.807, 2.05) is 24.3 Å². The SMILES string of the molecule is O=C(c1cc2cc(Cl)ccc2o1)C1CSc2ccccc21. The molecule has 0 bridgehead atoms. The van der Waals surface area contributed by atoms with Crippen molar-refractivity contribution in [1.82, 2.24) is 0 Å². The first-order valence-electron chi connectivity index (χ1n) is 6.67. The molecule has 21 heavy (non-hydrogen) atoms. The predicted molar refractivity (Wildman–Crippen MR) is 85.5 cm³/mol. The second-order valence-corrected chi connectivity index (χ2v) is 6.56. The molecule has 2 heterocycles. The van der Waals surface area contributed by atoms with E-state index in [0.29, 0.717) is 16.4 Å². The van der Waals surface area contributed by atoms with Crippen molar-refractivity contribution in [2.24, 2.45) is 0 Å². The van der Waals surface area contributed by atoms with Crippen molar-refractivity contribution in [3.63, 3.8) is 0 Å². The van der Waals surface area contributed by atoms with E-state index in [1.165, 1.54) is 4.90 Å². The van der Waals surface area contributed by atoms with Gasteiger partial charge in [0.1, 0.15) is 5.58 Å². The molecule has 3 aromatic rings. The third-order valence-corrected chi connectivity index (χ3v) is 5.16. The van der Waals surface area contributed by atoms with Crippen molar-refractivity contribution in [3.8, 4) is 0 Å². The van der Waals surface area contributed by atoms with Crippen LogP contribution in [0.1, 0.15) is 22.0 Å². The lowest BCUT2D eigenvalue weighted by Crippen LogP contribution is -2.11. The van der Waals surface area contributed by atoms with Gasteiger partial charge < -0.3 is 4.42 Å². The second-order valence-electron chi connectivity index (χ2n) is 5.06. The molecule has 1 aliphatic rings. The quantitative estimate of drug-likeness (QED) is 0.612. The van der Waals surface area contributed by atoms with Gasteiger partial charge in [0.05, 0.1) is 5.92 Å². The number of carbonyl (C=O) groups is 1. The minimum atomic E-state index is -0.123. The molecule has 2 aromatic carbocycles. The molecule has 4 rings (SSSR count). The fraction of sp³-hybridized carbons (Fsp3) is 0.118. The van der Waals surface area contributed by atoms with Crippen LogP contribution in [0, 0.1) is 0 Å². The van der Waals surface area contributed by atoms with Gasteiger partial charge in [-0.3, -0.25) is 4.79 Å². The van der Waals surface area contributed by atoms with Gasteiger partial charge in [0.2, 0.25) is 5.78 Å². The van der Waals surface area contributed by atoms with Crippen LogP contribution in [0.4, 0.5) is 0 Å². The summed E-state index contributed by atoms with van der Waals surface area (Å²) < 4.78 is 5.69. The average Bonchev–Trinajstić information content (AvgIpc) is 3.09. The van der Waals surface area contributed by atoms with Gasteiger partial charge in [0.25, 0.3) is 0 Å². The molecule has 1 aromatic heterocycles. The minimum absolute atomic E-state index is 0.0415. The summed E-state index contributed by atoms with van der Waals surface area (Å²) in [6, 6.07) is 15.2. The van der Waals surface area contributed by atoms with E-state index in [1.54, 1.807) is 30.0 Å². The first-order chi connectivity index (χ1) is 10.2. The number of benzene rings is 2. The summed E-state index contributed by atoms with van der Waals surface area (Å²) in [5.74, 6) is 1.10. The van der Waals surface area contributed by atoms with Crippen molar-refractivity contribution in [2.75, 3.05) is 5.75 Å². The summed E-state index contributed by atoms with van der Waals surface area (Å²) in [5, 5.41) is 1.51. The maximum Gasteiger partial charge on any atom is 0.206 e. The highest BCUT2D eigenvalue weighted by atomic mass is 35.5. The molecule has 0 fully saturated rings. The number of rotatable bonds is 2. The van der Waals surface area contributed by atoms with Gasteiger partial charge in [-0.25, -0.2) is 0 Å². The highest BCUT2D eigenvalue weighted by Crippen LogP contribution is 2.41. The maximum atomic E-state index is 12.7. The van der Waals surface area contributed by atoms with E-state index in [-0.39, 0.29) is 11.7 Å². The molecule has 4 heteroatoms. The summed E-state index contributed by atoms with van der Waals surface area (Å²) in [4.78, 5) is 13.9. The first-order valence-corrected chi connectivity index (χ1v) is 8.04. The number of carbonyl (C=O) groups excluding carboxylic acids is 1. The van der Waals surface area contributed by atoms with Gasteiger partial charge in [0, 0.05) is 21.1 Å². The zero-order chi connectivity index (χ0) is 14.4. The van der Waals surface area contributed by atoms with Crippen LogP contribution < -0.4 is 0 Å². The van der Waals surface area contributed by atoms with E-state index < -0.39 is 0 Å². The van der Waals surface area contributed by atoms with Crippen molar-refractivity contribution in [3.05, 3.63) is 64.9 Å². The maximum absolute atomic E-state index is 12.7. The molecule has 1 atom stereocenters. The fourth-order valence-electron chi connectivity index (χ4n) is 2.69. The highest BCUT2D eigenvalue weighted by molar-refractivity contribution is 7.99. The van der Waals surface area contributed by atoms with Crippen molar-refractivity contribution >= 4 is 40.1 Å². The van der Waals surface area contributed by atoms with E-state index in [2.05, 4.69) is 6.07 Å². The number of Topliss-reactive ketones (excluding diaryl/α,β-unsaturated/α-hetero) is 1. The molecule has 104 valence electrons. The lowest BCUT2D eigenvalue weighted by atomic mass is 9.95. The molecule has 1 unspecified atom stereocenters. The average molecular weight is 315 g/mol. The Morgan fingerprint density at radius 3 is 2.95 bits per heavy atom. The normalized spacial score (nSPS) is 17.1. The second kappa shape index (κ2) is 4.93. The van der Waals surface area contributed by atoms with Crippen molar-refractivity contribution in [1.29, 1.82) is 0 Å². The Labute approximate surface area is 131 Å². The first kappa shape index (κ1) is 13.0. The number of thioether (sulfide) groups is 1. The topological polar surface area (TPSA) is 30.2 Å². The van der Waals surface area contributed by atoms with Gasteiger partial charge in [-0.2, -0.15) is 0 Å². The number of fused-ring (bicyclic) bond motifs is 2. The van der Waals surface area contributed by atoms with E-state index >= 15 is 0 Å². The predicted octanol–water partition coefficient (Wildman–Crippen LogP) is 5.16. The van der Waals surface area contributed by atoms with Crippen LogP contribution in [0.15, 0.2) is 57.8 Å². The molecule has 0 saturated carbocycles. The van der Waals surface area contributed by atoms with Gasteiger partial charge in [-0.15, -0.1) is 11.8 Å². The summed E-state index contributed by atoms with van der Waals surface area (Å²) >= 11 is 7.70. The Morgan fingerprint density at radius 1 is 1.19 bits per heavy atom. The molecule has 0 radical (unpaired) electrons. The molecule has 1 aliphatic heterocycles. The van der Waals surface area contributed by atoms with Gasteiger partial charge in [0.15, 0.2) is 5.76 Å². The lowest BCUT2D eigenvalue weighted by molar-refractivity contribution is 0.0943. The number of halogens is 1. The Morgan fingerprint density at radius 2 is 2.05 bits per heavy atom. The molecule has 0 N–H and O–H groups in total. The molecule has 0 spiro atoms. The smallest absolute Gasteiger partial charge is 0.206 e. The molecule has 0 amide bonds. The summed E-state index contributed by atoms with van der Waals surface area (Å²) in [6.07, 6.45) is 0. The van der Waals surface area contributed by atoms with E-state index in [0.717, 1.165) is 16.7 Å². The number of hydrogen-bond donors (Lipinski definition) is 0. The summed E-state index contributed by atoms with van der Waals surface area (Å²) in [5.41, 5.74) is 1.80. The monoisotopic (exact) mass is 314 g/mol.